The Morgan fingerprint density at radius 1 is 1.12 bits per heavy atom. The van der Waals surface area contributed by atoms with Crippen LogP contribution in [-0.2, 0) is 0 Å². The van der Waals surface area contributed by atoms with Crippen molar-refractivity contribution < 1.29 is 14.3 Å². The second-order valence-corrected chi connectivity index (χ2v) is 6.14. The van der Waals surface area contributed by atoms with E-state index in [1.165, 1.54) is 0 Å². The van der Waals surface area contributed by atoms with Crippen molar-refractivity contribution >= 4 is 27.7 Å². The third-order valence-electron chi connectivity index (χ3n) is 3.32. The van der Waals surface area contributed by atoms with Crippen molar-refractivity contribution in [2.24, 2.45) is 0 Å². The molecule has 7 heteroatoms. The molecule has 1 heterocycles. The van der Waals surface area contributed by atoms with Crippen LogP contribution in [0.2, 0.25) is 0 Å². The maximum atomic E-state index is 12.0. The zero-order chi connectivity index (χ0) is 17.4. The molecule has 0 unspecified atom stereocenters. The molecule has 2 aromatic rings. The predicted molar refractivity (Wildman–Crippen MR) is 94.9 cm³/mol. The fraction of sp³-hybridized carbons (Fsp3) is 0.294. The molecule has 3 N–H and O–H groups in total. The molecule has 2 amide bonds. The highest BCUT2D eigenvalue weighted by atomic mass is 79.9. The van der Waals surface area contributed by atoms with E-state index in [0.29, 0.717) is 17.9 Å². The van der Waals surface area contributed by atoms with Crippen LogP contribution in [0.25, 0.3) is 0 Å². The molecule has 24 heavy (non-hydrogen) atoms. The molecule has 0 saturated heterocycles. The van der Waals surface area contributed by atoms with Gasteiger partial charge in [0.15, 0.2) is 0 Å². The largest absolute Gasteiger partial charge is 0.494 e. The van der Waals surface area contributed by atoms with Crippen LogP contribution in [-0.4, -0.2) is 23.4 Å². The van der Waals surface area contributed by atoms with Gasteiger partial charge in [-0.25, -0.2) is 0 Å². The summed E-state index contributed by atoms with van der Waals surface area (Å²) in [5.74, 6) is -0.0978. The third-order valence-corrected chi connectivity index (χ3v) is 3.77. The first-order valence-electron chi connectivity index (χ1n) is 7.77. The molecular formula is C17H20BrN3O3. The Balaban J connectivity index is 1.80. The summed E-state index contributed by atoms with van der Waals surface area (Å²) in [4.78, 5) is 26.6. The molecule has 1 aromatic carbocycles. The number of halogens is 1. The van der Waals surface area contributed by atoms with Gasteiger partial charge in [0.2, 0.25) is 0 Å². The number of ether oxygens (including phenoxy) is 1. The summed E-state index contributed by atoms with van der Waals surface area (Å²) >= 11 is 3.24. The molecule has 0 bridgehead atoms. The van der Waals surface area contributed by atoms with Crippen molar-refractivity contribution in [1.82, 2.24) is 15.8 Å². The van der Waals surface area contributed by atoms with Gasteiger partial charge in [0, 0.05) is 16.2 Å². The lowest BCUT2D eigenvalue weighted by Gasteiger charge is -2.08. The van der Waals surface area contributed by atoms with Crippen molar-refractivity contribution in [1.29, 1.82) is 0 Å². The Morgan fingerprint density at radius 3 is 2.46 bits per heavy atom. The van der Waals surface area contributed by atoms with Gasteiger partial charge in [-0.2, -0.15) is 0 Å². The van der Waals surface area contributed by atoms with Gasteiger partial charge in [0.1, 0.15) is 11.4 Å². The number of benzene rings is 1. The summed E-state index contributed by atoms with van der Waals surface area (Å²) < 4.78 is 6.35. The van der Waals surface area contributed by atoms with E-state index in [0.717, 1.165) is 29.5 Å². The lowest BCUT2D eigenvalue weighted by Crippen LogP contribution is -2.41. The molecular weight excluding hydrogens is 374 g/mol. The highest BCUT2D eigenvalue weighted by Crippen LogP contribution is 2.13. The van der Waals surface area contributed by atoms with Crippen LogP contribution in [0.5, 0.6) is 5.75 Å². The second-order valence-electron chi connectivity index (χ2n) is 5.22. The molecule has 2 rings (SSSR count). The molecule has 128 valence electrons. The van der Waals surface area contributed by atoms with Gasteiger partial charge >= 0.3 is 0 Å². The van der Waals surface area contributed by atoms with Gasteiger partial charge in [-0.1, -0.05) is 19.8 Å². The zero-order valence-corrected chi connectivity index (χ0v) is 15.0. The normalized spacial score (nSPS) is 10.2. The zero-order valence-electron chi connectivity index (χ0n) is 13.4. The van der Waals surface area contributed by atoms with Crippen molar-refractivity contribution in [3.63, 3.8) is 0 Å². The lowest BCUT2D eigenvalue weighted by atomic mass is 10.2. The SMILES string of the molecule is CCCCCOc1ccc(C(=O)NNC(=O)c2cc(Br)c[nH]2)cc1. The fourth-order valence-electron chi connectivity index (χ4n) is 2.00. The average Bonchev–Trinajstić information content (AvgIpc) is 3.03. The number of amides is 2. The smallest absolute Gasteiger partial charge is 0.286 e. The van der Waals surface area contributed by atoms with Gasteiger partial charge < -0.3 is 9.72 Å². The maximum absolute atomic E-state index is 12.0. The van der Waals surface area contributed by atoms with E-state index in [-0.39, 0.29) is 0 Å². The van der Waals surface area contributed by atoms with Crippen molar-refractivity contribution in [3.05, 3.63) is 52.3 Å². The molecule has 0 aliphatic rings. The minimum atomic E-state index is -0.426. The molecule has 1 aromatic heterocycles. The first-order valence-corrected chi connectivity index (χ1v) is 8.57. The highest BCUT2D eigenvalue weighted by Gasteiger charge is 2.10. The summed E-state index contributed by atoms with van der Waals surface area (Å²) in [5.41, 5.74) is 5.50. The van der Waals surface area contributed by atoms with Gasteiger partial charge in [0.25, 0.3) is 11.8 Å². The van der Waals surface area contributed by atoms with E-state index >= 15 is 0 Å². The Labute approximate surface area is 149 Å². The van der Waals surface area contributed by atoms with Crippen LogP contribution in [0, 0.1) is 0 Å². The van der Waals surface area contributed by atoms with Crippen LogP contribution in [0.15, 0.2) is 41.0 Å². The number of hydrazine groups is 1. The summed E-state index contributed by atoms with van der Waals surface area (Å²) in [7, 11) is 0. The number of carbonyl (C=O) groups excluding carboxylic acids is 2. The van der Waals surface area contributed by atoms with Crippen molar-refractivity contribution in [2.75, 3.05) is 6.61 Å². The lowest BCUT2D eigenvalue weighted by molar-refractivity contribution is 0.0844. The Kier molecular flexibility index (Phi) is 6.87. The summed E-state index contributed by atoms with van der Waals surface area (Å²) in [6, 6.07) is 8.41. The topological polar surface area (TPSA) is 83.2 Å². The number of nitrogens with one attached hydrogen (secondary N) is 3. The van der Waals surface area contributed by atoms with Gasteiger partial charge in [-0.3, -0.25) is 20.4 Å². The molecule has 0 atom stereocenters. The van der Waals surface area contributed by atoms with Gasteiger partial charge in [-0.15, -0.1) is 0 Å². The van der Waals surface area contributed by atoms with Gasteiger partial charge in [-0.05, 0) is 52.7 Å². The monoisotopic (exact) mass is 393 g/mol. The molecule has 0 spiro atoms. The summed E-state index contributed by atoms with van der Waals surface area (Å²) in [6.45, 7) is 2.81. The Bertz CT molecular complexity index is 683. The number of carbonyl (C=O) groups is 2. The van der Waals surface area contributed by atoms with E-state index in [1.54, 1.807) is 36.5 Å². The maximum Gasteiger partial charge on any atom is 0.286 e. The number of aromatic nitrogens is 1. The van der Waals surface area contributed by atoms with Crippen LogP contribution in [0.1, 0.15) is 47.0 Å². The Morgan fingerprint density at radius 2 is 1.83 bits per heavy atom. The number of hydrogen-bond donors (Lipinski definition) is 3. The average molecular weight is 394 g/mol. The molecule has 6 nitrogen and oxygen atoms in total. The molecule has 0 aliphatic carbocycles. The minimum absolute atomic E-state index is 0.345. The fourth-order valence-corrected chi connectivity index (χ4v) is 2.34. The quantitative estimate of drug-likeness (QED) is 0.497. The Hall–Kier alpha value is -2.28. The van der Waals surface area contributed by atoms with Crippen LogP contribution in [0.4, 0.5) is 0 Å². The minimum Gasteiger partial charge on any atom is -0.494 e. The predicted octanol–water partition coefficient (Wildman–Crippen LogP) is 3.42. The number of hydrogen-bond acceptors (Lipinski definition) is 3. The number of rotatable bonds is 7. The van der Waals surface area contributed by atoms with E-state index < -0.39 is 11.8 Å². The first-order chi connectivity index (χ1) is 11.6. The molecule has 0 aliphatic heterocycles. The van der Waals surface area contributed by atoms with Crippen LogP contribution >= 0.6 is 15.9 Å². The highest BCUT2D eigenvalue weighted by molar-refractivity contribution is 9.10. The van der Waals surface area contributed by atoms with Crippen LogP contribution in [0.3, 0.4) is 0 Å². The second kappa shape index (κ2) is 9.12. The van der Waals surface area contributed by atoms with Crippen LogP contribution < -0.4 is 15.6 Å². The van der Waals surface area contributed by atoms with E-state index in [2.05, 4.69) is 38.7 Å². The standard InChI is InChI=1S/C17H20BrN3O3/c1-2-3-4-9-24-14-7-5-12(6-8-14)16(22)20-21-17(23)15-10-13(18)11-19-15/h5-8,10-11,19H,2-4,9H2,1H3,(H,20,22)(H,21,23). The van der Waals surface area contributed by atoms with E-state index in [4.69, 9.17) is 4.74 Å². The van der Waals surface area contributed by atoms with Gasteiger partial charge in [0.05, 0.1) is 6.61 Å². The first kappa shape index (κ1) is 18.1. The summed E-state index contributed by atoms with van der Waals surface area (Å²) in [6.07, 6.45) is 4.93. The summed E-state index contributed by atoms with van der Waals surface area (Å²) in [5, 5.41) is 0. The number of H-pyrrole nitrogens is 1. The molecule has 0 saturated carbocycles. The number of unbranched alkanes of at least 4 members (excludes halogenated alkanes) is 2. The number of aromatic amines is 1. The van der Waals surface area contributed by atoms with Crippen molar-refractivity contribution in [2.45, 2.75) is 26.2 Å². The van der Waals surface area contributed by atoms with E-state index in [9.17, 15) is 9.59 Å². The van der Waals surface area contributed by atoms with Crippen molar-refractivity contribution in [3.8, 4) is 5.75 Å². The molecule has 0 fully saturated rings. The van der Waals surface area contributed by atoms with E-state index in [1.807, 2.05) is 0 Å². The molecule has 0 radical (unpaired) electrons. The third kappa shape index (κ3) is 5.42.